The van der Waals surface area contributed by atoms with Crippen molar-refractivity contribution in [1.82, 2.24) is 14.1 Å². The molecule has 0 saturated heterocycles. The van der Waals surface area contributed by atoms with Gasteiger partial charge in [-0.25, -0.2) is 18.1 Å². The van der Waals surface area contributed by atoms with Crippen LogP contribution in [0.4, 0.5) is 5.82 Å². The predicted octanol–water partition coefficient (Wildman–Crippen LogP) is 0.912. The Labute approximate surface area is 109 Å². The van der Waals surface area contributed by atoms with Crippen molar-refractivity contribution in [3.63, 3.8) is 0 Å². The van der Waals surface area contributed by atoms with Crippen LogP contribution in [0.25, 0.3) is 4.96 Å². The van der Waals surface area contributed by atoms with E-state index in [0.29, 0.717) is 23.3 Å². The Morgan fingerprint density at radius 2 is 2.39 bits per heavy atom. The van der Waals surface area contributed by atoms with Crippen LogP contribution in [0.2, 0.25) is 0 Å². The number of rotatable bonds is 4. The van der Waals surface area contributed by atoms with Crippen LogP contribution in [0.3, 0.4) is 0 Å². The van der Waals surface area contributed by atoms with Crippen molar-refractivity contribution in [2.75, 3.05) is 12.3 Å². The van der Waals surface area contributed by atoms with Crippen LogP contribution in [-0.2, 0) is 10.0 Å². The minimum absolute atomic E-state index is 0.0482. The van der Waals surface area contributed by atoms with Crippen LogP contribution < -0.4 is 10.5 Å². The number of fused-ring (bicyclic) bond motifs is 1. The Morgan fingerprint density at radius 1 is 1.67 bits per heavy atom. The highest BCUT2D eigenvalue weighted by atomic mass is 32.2. The fourth-order valence-corrected chi connectivity index (χ4v) is 4.09. The van der Waals surface area contributed by atoms with Gasteiger partial charge in [-0.1, -0.05) is 6.92 Å². The molecule has 0 aliphatic heterocycles. The molecule has 0 aromatic carbocycles. The number of anilines is 1. The largest absolute Gasteiger partial charge is 0.381 e. The minimum Gasteiger partial charge on any atom is -0.381 e. The van der Waals surface area contributed by atoms with Gasteiger partial charge in [0.25, 0.3) is 10.0 Å². The Kier molecular flexibility index (Phi) is 2.61. The molecule has 1 aliphatic rings. The topological polar surface area (TPSA) is 89.5 Å². The van der Waals surface area contributed by atoms with Crippen molar-refractivity contribution in [3.8, 4) is 0 Å². The average Bonchev–Trinajstić information content (AvgIpc) is 2.68. The molecule has 0 radical (unpaired) electrons. The number of imidazole rings is 1. The Bertz CT molecular complexity index is 688. The van der Waals surface area contributed by atoms with Crippen molar-refractivity contribution in [3.05, 3.63) is 11.6 Å². The van der Waals surface area contributed by atoms with Crippen LogP contribution in [0.5, 0.6) is 0 Å². The maximum atomic E-state index is 12.2. The SMILES string of the molecule is CC1CC1CNS(=O)(=O)c1c(N)nc2sccn12. The summed E-state index contributed by atoms with van der Waals surface area (Å²) in [4.78, 5) is 4.63. The summed E-state index contributed by atoms with van der Waals surface area (Å²) < 4.78 is 28.6. The molecule has 1 fully saturated rings. The number of sulfonamides is 1. The summed E-state index contributed by atoms with van der Waals surface area (Å²) in [6.07, 6.45) is 2.75. The third kappa shape index (κ3) is 1.90. The van der Waals surface area contributed by atoms with Gasteiger partial charge >= 0.3 is 0 Å². The molecule has 8 heteroatoms. The van der Waals surface area contributed by atoms with E-state index in [0.717, 1.165) is 6.42 Å². The summed E-state index contributed by atoms with van der Waals surface area (Å²) in [5, 5.41) is 1.83. The zero-order valence-electron chi connectivity index (χ0n) is 9.83. The van der Waals surface area contributed by atoms with E-state index in [1.54, 1.807) is 11.6 Å². The highest BCUT2D eigenvalue weighted by molar-refractivity contribution is 7.89. The maximum absolute atomic E-state index is 12.2. The monoisotopic (exact) mass is 286 g/mol. The van der Waals surface area contributed by atoms with Crippen LogP contribution in [-0.4, -0.2) is 24.3 Å². The van der Waals surface area contributed by atoms with E-state index in [-0.39, 0.29) is 10.8 Å². The molecule has 3 N–H and O–H groups in total. The van der Waals surface area contributed by atoms with E-state index < -0.39 is 10.0 Å². The van der Waals surface area contributed by atoms with E-state index in [1.807, 2.05) is 0 Å². The smallest absolute Gasteiger partial charge is 0.260 e. The second kappa shape index (κ2) is 3.94. The van der Waals surface area contributed by atoms with Crippen LogP contribution in [0, 0.1) is 11.8 Å². The lowest BCUT2D eigenvalue weighted by atomic mass is 10.3. The van der Waals surface area contributed by atoms with Crippen molar-refractivity contribution in [1.29, 1.82) is 0 Å². The molecule has 0 spiro atoms. The zero-order chi connectivity index (χ0) is 12.9. The Hall–Kier alpha value is -1.12. The number of hydrogen-bond donors (Lipinski definition) is 2. The van der Waals surface area contributed by atoms with Gasteiger partial charge in [-0.15, -0.1) is 11.3 Å². The summed E-state index contributed by atoms with van der Waals surface area (Å²) >= 11 is 1.36. The number of nitrogens with one attached hydrogen (secondary N) is 1. The lowest BCUT2D eigenvalue weighted by Gasteiger charge is -2.05. The number of thiazole rings is 1. The molecule has 3 rings (SSSR count). The van der Waals surface area contributed by atoms with Gasteiger partial charge < -0.3 is 5.73 Å². The summed E-state index contributed by atoms with van der Waals surface area (Å²) in [6, 6.07) is 0. The minimum atomic E-state index is -3.59. The van der Waals surface area contributed by atoms with E-state index in [9.17, 15) is 8.42 Å². The van der Waals surface area contributed by atoms with Crippen LogP contribution >= 0.6 is 11.3 Å². The summed E-state index contributed by atoms with van der Waals surface area (Å²) in [5.41, 5.74) is 5.69. The predicted molar refractivity (Wildman–Crippen MR) is 69.9 cm³/mol. The molecule has 6 nitrogen and oxygen atoms in total. The maximum Gasteiger partial charge on any atom is 0.260 e. The number of nitrogens with zero attached hydrogens (tertiary/aromatic N) is 2. The molecular formula is C10H14N4O2S2. The van der Waals surface area contributed by atoms with Gasteiger partial charge in [0.05, 0.1) is 0 Å². The summed E-state index contributed by atoms with van der Waals surface area (Å²) in [6.45, 7) is 2.59. The normalized spacial score (nSPS) is 23.6. The number of nitrogen functional groups attached to an aromatic ring is 1. The second-order valence-corrected chi connectivity index (χ2v) is 7.24. The van der Waals surface area contributed by atoms with E-state index >= 15 is 0 Å². The molecule has 0 bridgehead atoms. The van der Waals surface area contributed by atoms with Crippen LogP contribution in [0.15, 0.2) is 16.6 Å². The Balaban J connectivity index is 1.92. The summed E-state index contributed by atoms with van der Waals surface area (Å²) in [7, 11) is -3.59. The van der Waals surface area contributed by atoms with E-state index in [2.05, 4.69) is 16.6 Å². The number of hydrogen-bond acceptors (Lipinski definition) is 5. The first-order valence-electron chi connectivity index (χ1n) is 5.70. The third-order valence-electron chi connectivity index (χ3n) is 3.31. The quantitative estimate of drug-likeness (QED) is 0.874. The van der Waals surface area contributed by atoms with Gasteiger partial charge in [-0.3, -0.25) is 4.40 Å². The van der Waals surface area contributed by atoms with E-state index in [1.165, 1.54) is 15.7 Å². The average molecular weight is 286 g/mol. The standard InChI is InChI=1S/C10H14N4O2S2/c1-6-4-7(6)5-12-18(15,16)9-8(11)13-10-14(9)2-3-17-10/h2-3,6-7,12H,4-5,11H2,1H3. The van der Waals surface area contributed by atoms with Crippen molar-refractivity contribution >= 4 is 32.1 Å². The zero-order valence-corrected chi connectivity index (χ0v) is 11.5. The third-order valence-corrected chi connectivity index (χ3v) is 5.53. The van der Waals surface area contributed by atoms with Crippen molar-refractivity contribution in [2.45, 2.75) is 18.4 Å². The first-order chi connectivity index (χ1) is 8.49. The first kappa shape index (κ1) is 11.9. The number of nitrogens with two attached hydrogens (primary N) is 1. The lowest BCUT2D eigenvalue weighted by molar-refractivity contribution is 0.570. The van der Waals surface area contributed by atoms with Crippen molar-refractivity contribution in [2.24, 2.45) is 11.8 Å². The van der Waals surface area contributed by atoms with Crippen molar-refractivity contribution < 1.29 is 8.42 Å². The lowest BCUT2D eigenvalue weighted by Crippen LogP contribution is -2.27. The molecule has 2 unspecified atom stereocenters. The van der Waals surface area contributed by atoms with Gasteiger partial charge in [0.15, 0.2) is 15.8 Å². The van der Waals surface area contributed by atoms with Crippen LogP contribution in [0.1, 0.15) is 13.3 Å². The summed E-state index contributed by atoms with van der Waals surface area (Å²) in [5.74, 6) is 1.11. The first-order valence-corrected chi connectivity index (χ1v) is 8.06. The molecule has 1 saturated carbocycles. The van der Waals surface area contributed by atoms with Gasteiger partial charge in [0.1, 0.15) is 0 Å². The molecule has 98 valence electrons. The van der Waals surface area contributed by atoms with Gasteiger partial charge in [-0.05, 0) is 18.3 Å². The molecule has 18 heavy (non-hydrogen) atoms. The molecule has 2 aromatic heterocycles. The van der Waals surface area contributed by atoms with E-state index in [4.69, 9.17) is 5.73 Å². The highest BCUT2D eigenvalue weighted by Gasteiger charge is 2.34. The van der Waals surface area contributed by atoms with Gasteiger partial charge in [0, 0.05) is 18.1 Å². The van der Waals surface area contributed by atoms with Gasteiger partial charge in [-0.2, -0.15) is 0 Å². The molecule has 1 aliphatic carbocycles. The molecular weight excluding hydrogens is 272 g/mol. The fourth-order valence-electron chi connectivity index (χ4n) is 2.02. The van der Waals surface area contributed by atoms with Gasteiger partial charge in [0.2, 0.25) is 0 Å². The Morgan fingerprint density at radius 3 is 3.06 bits per heavy atom. The molecule has 2 heterocycles. The highest BCUT2D eigenvalue weighted by Crippen LogP contribution is 2.37. The molecule has 0 amide bonds. The second-order valence-electron chi connectivity index (χ2n) is 4.68. The molecule has 2 aromatic rings. The molecule has 2 atom stereocenters. The fraction of sp³-hybridized carbons (Fsp3) is 0.500. The number of aromatic nitrogens is 2.